The van der Waals surface area contributed by atoms with Crippen LogP contribution in [-0.2, 0) is 22.9 Å². The largest absolute Gasteiger partial charge is 0.395 e. The predicted molar refractivity (Wildman–Crippen MR) is 92.0 cm³/mol. The second-order valence-corrected chi connectivity index (χ2v) is 8.29. The summed E-state index contributed by atoms with van der Waals surface area (Å²) >= 11 is 3.48. The molecule has 0 heterocycles. The topological polar surface area (TPSA) is 77.8 Å². The molecule has 7 heteroatoms. The molecular formula is C16H18BrNO4S. The van der Waals surface area contributed by atoms with Crippen molar-refractivity contribution >= 4 is 36.7 Å². The van der Waals surface area contributed by atoms with Crippen molar-refractivity contribution in [2.24, 2.45) is 0 Å². The number of hydrogen-bond acceptors (Lipinski definition) is 4. The van der Waals surface area contributed by atoms with Gasteiger partial charge in [0.15, 0.2) is 0 Å². The van der Waals surface area contributed by atoms with Crippen molar-refractivity contribution in [3.63, 3.8) is 0 Å². The minimum absolute atomic E-state index is 0.0281. The van der Waals surface area contributed by atoms with E-state index in [1.807, 2.05) is 18.2 Å². The van der Waals surface area contributed by atoms with Crippen LogP contribution in [0.1, 0.15) is 11.1 Å². The van der Waals surface area contributed by atoms with Crippen LogP contribution < -0.4 is 0 Å². The molecule has 5 nitrogen and oxygen atoms in total. The Morgan fingerprint density at radius 3 is 2.48 bits per heavy atom. The van der Waals surface area contributed by atoms with Crippen molar-refractivity contribution in [3.05, 3.63) is 39.9 Å². The van der Waals surface area contributed by atoms with Gasteiger partial charge in [-0.2, -0.15) is 4.31 Å². The SMILES string of the molecule is O=S(=O)(c1cc(Br)c2cccc3c2c1CC3)N(CCO)CCO. The maximum Gasteiger partial charge on any atom is 0.243 e. The van der Waals surface area contributed by atoms with Gasteiger partial charge in [0.05, 0.1) is 18.1 Å². The molecule has 0 amide bonds. The Hall–Kier alpha value is -0.990. The van der Waals surface area contributed by atoms with E-state index >= 15 is 0 Å². The summed E-state index contributed by atoms with van der Waals surface area (Å²) in [5.74, 6) is 0. The third-order valence-electron chi connectivity index (χ3n) is 4.23. The predicted octanol–water partition coefficient (Wildman–Crippen LogP) is 1.68. The summed E-state index contributed by atoms with van der Waals surface area (Å²) in [4.78, 5) is 0.267. The number of halogens is 1. The van der Waals surface area contributed by atoms with Crippen molar-refractivity contribution in [2.75, 3.05) is 26.3 Å². The first-order chi connectivity index (χ1) is 11.0. The van der Waals surface area contributed by atoms with Crippen molar-refractivity contribution in [1.82, 2.24) is 4.31 Å². The van der Waals surface area contributed by atoms with Crippen LogP contribution >= 0.6 is 15.9 Å². The Bertz CT molecular complexity index is 845. The average Bonchev–Trinajstić information content (AvgIpc) is 2.95. The van der Waals surface area contributed by atoms with Gasteiger partial charge in [-0.25, -0.2) is 8.42 Å². The quantitative estimate of drug-likeness (QED) is 0.774. The van der Waals surface area contributed by atoms with Crippen LogP contribution in [0.2, 0.25) is 0 Å². The summed E-state index contributed by atoms with van der Waals surface area (Å²) in [6.45, 7) is -0.623. The summed E-state index contributed by atoms with van der Waals surface area (Å²) in [6.07, 6.45) is 1.51. The Balaban J connectivity index is 2.22. The van der Waals surface area contributed by atoms with Gasteiger partial charge in [-0.3, -0.25) is 0 Å². The average molecular weight is 400 g/mol. The van der Waals surface area contributed by atoms with Gasteiger partial charge < -0.3 is 10.2 Å². The fraction of sp³-hybridized carbons (Fsp3) is 0.375. The molecule has 3 rings (SSSR count). The van der Waals surface area contributed by atoms with E-state index in [4.69, 9.17) is 10.2 Å². The molecule has 0 saturated carbocycles. The molecule has 0 bridgehead atoms. The summed E-state index contributed by atoms with van der Waals surface area (Å²) in [6, 6.07) is 7.63. The Labute approximate surface area is 143 Å². The highest BCUT2D eigenvalue weighted by atomic mass is 79.9. The molecule has 0 fully saturated rings. The van der Waals surface area contributed by atoms with Gasteiger partial charge in [0.2, 0.25) is 10.0 Å². The second-order valence-electron chi connectivity index (χ2n) is 5.53. The number of rotatable bonds is 6. The standard InChI is InChI=1S/C16H18BrNO4S/c17-14-10-15(23(21,22)18(6-8-19)7-9-20)13-5-4-11-2-1-3-12(14)16(11)13/h1-3,10,19-20H,4-9H2. The molecule has 23 heavy (non-hydrogen) atoms. The molecule has 0 unspecified atom stereocenters. The van der Waals surface area contributed by atoms with Gasteiger partial charge in [-0.05, 0) is 40.8 Å². The van der Waals surface area contributed by atoms with E-state index in [0.29, 0.717) is 6.42 Å². The van der Waals surface area contributed by atoms with Crippen molar-refractivity contribution in [3.8, 4) is 0 Å². The lowest BCUT2D eigenvalue weighted by atomic mass is 10.1. The monoisotopic (exact) mass is 399 g/mol. The van der Waals surface area contributed by atoms with Crippen LogP contribution in [0.4, 0.5) is 0 Å². The number of hydrogen-bond donors (Lipinski definition) is 2. The molecule has 0 saturated heterocycles. The lowest BCUT2D eigenvalue weighted by molar-refractivity contribution is 0.217. The molecule has 1 aliphatic rings. The van der Waals surface area contributed by atoms with Crippen LogP contribution in [0.15, 0.2) is 33.6 Å². The lowest BCUT2D eigenvalue weighted by Gasteiger charge is -2.22. The highest BCUT2D eigenvalue weighted by Gasteiger charge is 2.30. The molecule has 2 aromatic rings. The van der Waals surface area contributed by atoms with Crippen LogP contribution in [0, 0.1) is 0 Å². The van der Waals surface area contributed by atoms with E-state index in [2.05, 4.69) is 15.9 Å². The van der Waals surface area contributed by atoms with Gasteiger partial charge in [-0.1, -0.05) is 34.1 Å². The summed E-state index contributed by atoms with van der Waals surface area (Å²) in [5.41, 5.74) is 1.99. The van der Waals surface area contributed by atoms with E-state index in [0.717, 1.165) is 37.1 Å². The fourth-order valence-corrected chi connectivity index (χ4v) is 5.63. The minimum atomic E-state index is -3.77. The number of aliphatic hydroxyl groups excluding tert-OH is 2. The van der Waals surface area contributed by atoms with Crippen LogP contribution in [-0.4, -0.2) is 49.2 Å². The van der Waals surface area contributed by atoms with Crippen LogP contribution in [0.25, 0.3) is 10.8 Å². The number of sulfonamides is 1. The molecule has 124 valence electrons. The molecule has 2 aromatic carbocycles. The third kappa shape index (κ3) is 2.81. The highest BCUT2D eigenvalue weighted by Crippen LogP contribution is 2.39. The summed E-state index contributed by atoms with van der Waals surface area (Å²) in [7, 11) is -3.77. The Morgan fingerprint density at radius 1 is 1.13 bits per heavy atom. The second kappa shape index (κ2) is 6.49. The van der Waals surface area contributed by atoms with Gasteiger partial charge in [0.1, 0.15) is 0 Å². The summed E-state index contributed by atoms with van der Waals surface area (Å²) in [5, 5.41) is 20.3. The van der Waals surface area contributed by atoms with Crippen LogP contribution in [0.3, 0.4) is 0 Å². The summed E-state index contributed by atoms with van der Waals surface area (Å²) < 4.78 is 27.9. The molecule has 0 aromatic heterocycles. The zero-order valence-electron chi connectivity index (χ0n) is 12.5. The molecule has 2 N–H and O–H groups in total. The van der Waals surface area contributed by atoms with E-state index in [1.54, 1.807) is 6.07 Å². The molecule has 0 atom stereocenters. The molecule has 0 radical (unpaired) electrons. The van der Waals surface area contributed by atoms with E-state index < -0.39 is 10.0 Å². The van der Waals surface area contributed by atoms with Gasteiger partial charge in [0, 0.05) is 17.6 Å². The maximum absolute atomic E-state index is 13.0. The van der Waals surface area contributed by atoms with Crippen LogP contribution in [0.5, 0.6) is 0 Å². The first kappa shape index (κ1) is 16.9. The van der Waals surface area contributed by atoms with Crippen molar-refractivity contribution < 1.29 is 18.6 Å². The molecule has 0 aliphatic heterocycles. The zero-order valence-corrected chi connectivity index (χ0v) is 14.9. The number of nitrogens with zero attached hydrogens (tertiary/aromatic N) is 1. The zero-order chi connectivity index (χ0) is 16.6. The smallest absolute Gasteiger partial charge is 0.243 e. The van der Waals surface area contributed by atoms with Crippen molar-refractivity contribution in [1.29, 1.82) is 0 Å². The third-order valence-corrected chi connectivity index (χ3v) is 6.85. The van der Waals surface area contributed by atoms with Crippen molar-refractivity contribution in [2.45, 2.75) is 17.7 Å². The van der Waals surface area contributed by atoms with E-state index in [1.165, 1.54) is 0 Å². The minimum Gasteiger partial charge on any atom is -0.395 e. The Morgan fingerprint density at radius 2 is 1.83 bits per heavy atom. The first-order valence-electron chi connectivity index (χ1n) is 7.45. The lowest BCUT2D eigenvalue weighted by Crippen LogP contribution is -2.36. The number of aryl methyl sites for hydroxylation is 2. The van der Waals surface area contributed by atoms with Gasteiger partial charge >= 0.3 is 0 Å². The number of aliphatic hydroxyl groups is 2. The first-order valence-corrected chi connectivity index (χ1v) is 9.69. The normalized spacial score (nSPS) is 14.1. The molecule has 0 spiro atoms. The molecule has 1 aliphatic carbocycles. The highest BCUT2D eigenvalue weighted by molar-refractivity contribution is 9.10. The number of benzene rings is 2. The van der Waals surface area contributed by atoms with E-state index in [9.17, 15) is 8.42 Å². The van der Waals surface area contributed by atoms with E-state index in [-0.39, 0.29) is 31.2 Å². The Kier molecular flexibility index (Phi) is 4.75. The maximum atomic E-state index is 13.0. The van der Waals surface area contributed by atoms with Gasteiger partial charge in [-0.15, -0.1) is 0 Å². The fourth-order valence-electron chi connectivity index (χ4n) is 3.22. The molecular weight excluding hydrogens is 382 g/mol. The van der Waals surface area contributed by atoms with Gasteiger partial charge in [0.25, 0.3) is 0 Å².